The van der Waals surface area contributed by atoms with Crippen molar-refractivity contribution in [3.63, 3.8) is 0 Å². The van der Waals surface area contributed by atoms with Gasteiger partial charge < -0.3 is 4.74 Å². The van der Waals surface area contributed by atoms with Gasteiger partial charge in [0.1, 0.15) is 5.75 Å². The van der Waals surface area contributed by atoms with E-state index in [-0.39, 0.29) is 11.3 Å². The molecule has 0 aliphatic rings. The number of hydrogen-bond acceptors (Lipinski definition) is 4. The lowest BCUT2D eigenvalue weighted by molar-refractivity contribution is -0.121. The van der Waals surface area contributed by atoms with Crippen LogP contribution in [0.15, 0.2) is 52.2 Å². The number of hydrazone groups is 1. The lowest BCUT2D eigenvalue weighted by Crippen LogP contribution is -2.18. The summed E-state index contributed by atoms with van der Waals surface area (Å²) in [6.07, 6.45) is 4.14. The summed E-state index contributed by atoms with van der Waals surface area (Å²) < 4.78 is 6.68. The molecule has 26 heavy (non-hydrogen) atoms. The van der Waals surface area contributed by atoms with Crippen LogP contribution in [0, 0.1) is 0 Å². The highest BCUT2D eigenvalue weighted by molar-refractivity contribution is 9.10. The molecule has 2 aromatic rings. The number of nitrogens with one attached hydrogen (secondary N) is 1. The van der Waals surface area contributed by atoms with E-state index in [1.165, 1.54) is 11.8 Å². The van der Waals surface area contributed by atoms with Crippen molar-refractivity contribution < 1.29 is 9.53 Å². The quantitative estimate of drug-likeness (QED) is 0.411. The van der Waals surface area contributed by atoms with Crippen LogP contribution in [0.2, 0.25) is 0 Å². The molecule has 0 spiro atoms. The lowest BCUT2D eigenvalue weighted by Gasteiger charge is -2.20. The highest BCUT2D eigenvalue weighted by Gasteiger charge is 2.15. The van der Waals surface area contributed by atoms with Crippen LogP contribution < -0.4 is 10.2 Å². The van der Waals surface area contributed by atoms with E-state index in [1.807, 2.05) is 24.3 Å². The van der Waals surface area contributed by atoms with Crippen molar-refractivity contribution in [2.45, 2.75) is 39.0 Å². The van der Waals surface area contributed by atoms with Gasteiger partial charge in [0.25, 0.3) is 0 Å². The van der Waals surface area contributed by atoms with Crippen LogP contribution >= 0.6 is 15.9 Å². The van der Waals surface area contributed by atoms with E-state index >= 15 is 0 Å². The summed E-state index contributed by atoms with van der Waals surface area (Å²) >= 11 is 3.55. The second-order valence-corrected chi connectivity index (χ2v) is 7.75. The van der Waals surface area contributed by atoms with Crippen LogP contribution in [0.25, 0.3) is 0 Å². The van der Waals surface area contributed by atoms with Crippen molar-refractivity contribution in [3.8, 4) is 5.75 Å². The maximum atomic E-state index is 11.8. The maximum absolute atomic E-state index is 11.8. The van der Waals surface area contributed by atoms with Crippen LogP contribution in [0.4, 0.5) is 0 Å². The Hall–Kier alpha value is -2.21. The van der Waals surface area contributed by atoms with Gasteiger partial charge in [-0.05, 0) is 57.6 Å². The number of carbonyl (C=O) groups is 1. The molecule has 0 aliphatic carbocycles. The molecule has 0 fully saturated rings. The van der Waals surface area contributed by atoms with Crippen LogP contribution in [0.3, 0.4) is 0 Å². The van der Waals surface area contributed by atoms with Crippen molar-refractivity contribution in [3.05, 3.63) is 58.3 Å². The van der Waals surface area contributed by atoms with Crippen molar-refractivity contribution in [1.29, 1.82) is 0 Å². The third kappa shape index (κ3) is 6.59. The number of aromatic nitrogens is 1. The Labute approximate surface area is 163 Å². The molecule has 138 valence electrons. The highest BCUT2D eigenvalue weighted by atomic mass is 79.9. The predicted molar refractivity (Wildman–Crippen MR) is 108 cm³/mol. The standard InChI is InChI=1S/C20H24BrN3O2/c1-20(2,3)15-9-10-18(17(21)13-15)26-12-6-8-19(25)24-23-14-16-7-4-5-11-22-16/h4-5,7,9-11,13-14H,6,8,12H2,1-3H3,(H,24,25)/b23-14+. The number of benzene rings is 1. The molecule has 0 saturated heterocycles. The van der Waals surface area contributed by atoms with Crippen LogP contribution in [0.1, 0.15) is 44.9 Å². The minimum absolute atomic E-state index is 0.0922. The second-order valence-electron chi connectivity index (χ2n) is 6.89. The van der Waals surface area contributed by atoms with Crippen LogP contribution in [0.5, 0.6) is 5.75 Å². The average molecular weight is 418 g/mol. The third-order valence-corrected chi connectivity index (χ3v) is 4.30. The Kier molecular flexibility index (Phi) is 7.33. The number of ether oxygens (including phenoxy) is 1. The molecule has 0 aliphatic heterocycles. The first kappa shape index (κ1) is 20.1. The van der Waals surface area contributed by atoms with Gasteiger partial charge in [-0.2, -0.15) is 5.10 Å². The molecule has 0 unspecified atom stereocenters. The summed E-state index contributed by atoms with van der Waals surface area (Å²) in [5, 5.41) is 3.89. The molecular formula is C20H24BrN3O2. The molecule has 0 atom stereocenters. The molecule has 5 nitrogen and oxygen atoms in total. The fraction of sp³-hybridized carbons (Fsp3) is 0.350. The number of halogens is 1. The molecule has 1 amide bonds. The van der Waals surface area contributed by atoms with Gasteiger partial charge in [0.05, 0.1) is 23.0 Å². The highest BCUT2D eigenvalue weighted by Crippen LogP contribution is 2.31. The number of rotatable bonds is 7. The van der Waals surface area contributed by atoms with E-state index in [0.29, 0.717) is 25.1 Å². The van der Waals surface area contributed by atoms with Crippen molar-refractivity contribution in [1.82, 2.24) is 10.4 Å². The fourth-order valence-electron chi connectivity index (χ4n) is 2.18. The van der Waals surface area contributed by atoms with E-state index in [9.17, 15) is 4.79 Å². The number of pyridine rings is 1. The van der Waals surface area contributed by atoms with Crippen LogP contribution in [-0.2, 0) is 10.2 Å². The zero-order valence-corrected chi connectivity index (χ0v) is 16.9. The first-order chi connectivity index (χ1) is 12.4. The summed E-state index contributed by atoms with van der Waals surface area (Å²) in [4.78, 5) is 15.8. The Morgan fingerprint density at radius 3 is 2.77 bits per heavy atom. The Morgan fingerprint density at radius 2 is 2.12 bits per heavy atom. The van der Waals surface area contributed by atoms with E-state index < -0.39 is 0 Å². The van der Waals surface area contributed by atoms with E-state index in [1.54, 1.807) is 6.20 Å². The van der Waals surface area contributed by atoms with Gasteiger partial charge in [0, 0.05) is 12.6 Å². The van der Waals surface area contributed by atoms with Crippen molar-refractivity contribution in [2.75, 3.05) is 6.61 Å². The normalized spacial score (nSPS) is 11.5. The molecule has 0 bridgehead atoms. The van der Waals surface area contributed by atoms with Crippen molar-refractivity contribution in [2.24, 2.45) is 5.10 Å². The number of hydrogen-bond donors (Lipinski definition) is 1. The second kappa shape index (κ2) is 9.48. The summed E-state index contributed by atoms with van der Waals surface area (Å²) in [5.74, 6) is 0.634. The SMILES string of the molecule is CC(C)(C)c1ccc(OCCCC(=O)N/N=C/c2ccccn2)c(Br)c1. The largest absolute Gasteiger partial charge is 0.492 e. The molecule has 1 N–H and O–H groups in total. The van der Waals surface area contributed by atoms with Gasteiger partial charge in [-0.25, -0.2) is 5.43 Å². The van der Waals surface area contributed by atoms with Gasteiger partial charge in [-0.1, -0.05) is 32.9 Å². The van der Waals surface area contributed by atoms with Crippen LogP contribution in [-0.4, -0.2) is 23.7 Å². The summed E-state index contributed by atoms with van der Waals surface area (Å²) in [6, 6.07) is 11.6. The van der Waals surface area contributed by atoms with Gasteiger partial charge in [0.2, 0.25) is 5.91 Å². The lowest BCUT2D eigenvalue weighted by atomic mass is 9.87. The Morgan fingerprint density at radius 1 is 1.31 bits per heavy atom. The molecule has 2 rings (SSSR count). The van der Waals surface area contributed by atoms with E-state index in [2.05, 4.69) is 64.3 Å². The van der Waals surface area contributed by atoms with E-state index in [4.69, 9.17) is 4.74 Å². The van der Waals surface area contributed by atoms with Gasteiger partial charge in [-0.3, -0.25) is 9.78 Å². The van der Waals surface area contributed by atoms with Gasteiger partial charge in [-0.15, -0.1) is 0 Å². The molecule has 6 heteroatoms. The number of nitrogens with zero attached hydrogens (tertiary/aromatic N) is 2. The summed E-state index contributed by atoms with van der Waals surface area (Å²) in [7, 11) is 0. The summed E-state index contributed by atoms with van der Waals surface area (Å²) in [6.45, 7) is 6.98. The minimum Gasteiger partial charge on any atom is -0.492 e. The third-order valence-electron chi connectivity index (χ3n) is 3.68. The summed E-state index contributed by atoms with van der Waals surface area (Å²) in [5.41, 5.74) is 4.52. The first-order valence-electron chi connectivity index (χ1n) is 8.52. The first-order valence-corrected chi connectivity index (χ1v) is 9.31. The molecule has 0 saturated carbocycles. The monoisotopic (exact) mass is 417 g/mol. The fourth-order valence-corrected chi connectivity index (χ4v) is 2.67. The van der Waals surface area contributed by atoms with Gasteiger partial charge in [0.15, 0.2) is 0 Å². The van der Waals surface area contributed by atoms with Crippen molar-refractivity contribution >= 4 is 28.1 Å². The molecule has 1 aromatic heterocycles. The molecular weight excluding hydrogens is 394 g/mol. The van der Waals surface area contributed by atoms with Gasteiger partial charge >= 0.3 is 0 Å². The van der Waals surface area contributed by atoms with E-state index in [0.717, 1.165) is 10.2 Å². The Balaban J connectivity index is 1.71. The topological polar surface area (TPSA) is 63.6 Å². The molecule has 1 aromatic carbocycles. The molecule has 1 heterocycles. The Bertz CT molecular complexity index is 755. The minimum atomic E-state index is -0.150. The number of amides is 1. The smallest absolute Gasteiger partial charge is 0.240 e. The predicted octanol–water partition coefficient (Wildman–Crippen LogP) is 4.45. The maximum Gasteiger partial charge on any atom is 0.240 e. The number of carbonyl (C=O) groups excluding carboxylic acids is 1. The zero-order valence-electron chi connectivity index (χ0n) is 15.3. The average Bonchev–Trinajstić information content (AvgIpc) is 2.60. The molecule has 0 radical (unpaired) electrons. The zero-order chi connectivity index (χ0) is 19.0.